The van der Waals surface area contributed by atoms with Crippen LogP contribution >= 0.6 is 11.8 Å². The number of nitrogens with zero attached hydrogens (tertiary/aromatic N) is 2. The molecule has 0 saturated heterocycles. The number of thioether (sulfide) groups is 1. The number of nitriles is 1. The van der Waals surface area contributed by atoms with Gasteiger partial charge in [0, 0.05) is 17.5 Å². The lowest BCUT2D eigenvalue weighted by atomic mass is 10.0. The molecule has 0 spiro atoms. The molecule has 0 saturated carbocycles. The summed E-state index contributed by atoms with van der Waals surface area (Å²) in [4.78, 5) is 4.04. The third-order valence-corrected chi connectivity index (χ3v) is 4.82. The third kappa shape index (κ3) is 3.37. The first kappa shape index (κ1) is 13.9. The van der Waals surface area contributed by atoms with Crippen molar-refractivity contribution >= 4 is 17.4 Å². The Bertz CT molecular complexity index is 386. The molecule has 17 heavy (non-hydrogen) atoms. The molecule has 0 fully saturated rings. The quantitative estimate of drug-likeness (QED) is 0.840. The van der Waals surface area contributed by atoms with Gasteiger partial charge in [-0.2, -0.15) is 17.0 Å². The molecule has 1 aromatic rings. The van der Waals surface area contributed by atoms with E-state index in [1.165, 1.54) is 0 Å². The molecule has 0 amide bonds. The van der Waals surface area contributed by atoms with E-state index < -0.39 is 0 Å². The van der Waals surface area contributed by atoms with Crippen LogP contribution in [-0.4, -0.2) is 22.5 Å². The molecule has 1 heterocycles. The van der Waals surface area contributed by atoms with Gasteiger partial charge in [0.05, 0.1) is 5.69 Å². The van der Waals surface area contributed by atoms with Crippen LogP contribution in [0.5, 0.6) is 0 Å². The lowest BCUT2D eigenvalue weighted by Gasteiger charge is -2.30. The monoisotopic (exact) mass is 249 g/mol. The van der Waals surface area contributed by atoms with Gasteiger partial charge in [-0.05, 0) is 31.2 Å². The first-order chi connectivity index (χ1) is 8.21. The van der Waals surface area contributed by atoms with Gasteiger partial charge in [0.1, 0.15) is 6.07 Å². The van der Waals surface area contributed by atoms with E-state index >= 15 is 0 Å². The van der Waals surface area contributed by atoms with Gasteiger partial charge in [-0.1, -0.05) is 13.8 Å². The van der Waals surface area contributed by atoms with Crippen molar-refractivity contribution in [2.75, 3.05) is 18.1 Å². The SMILES string of the molecule is CCC(CC)(CNc1cccnc1C#N)SC. The van der Waals surface area contributed by atoms with E-state index in [2.05, 4.69) is 36.5 Å². The van der Waals surface area contributed by atoms with Crippen LogP contribution in [0.15, 0.2) is 18.3 Å². The van der Waals surface area contributed by atoms with E-state index in [0.717, 1.165) is 25.1 Å². The lowest BCUT2D eigenvalue weighted by Crippen LogP contribution is -2.32. The molecule has 92 valence electrons. The number of rotatable bonds is 6. The van der Waals surface area contributed by atoms with E-state index in [0.29, 0.717) is 5.69 Å². The van der Waals surface area contributed by atoms with Gasteiger partial charge in [0.2, 0.25) is 0 Å². The zero-order valence-electron chi connectivity index (χ0n) is 10.7. The number of nitrogens with one attached hydrogen (secondary N) is 1. The fourth-order valence-corrected chi connectivity index (χ4v) is 2.55. The van der Waals surface area contributed by atoms with Crippen molar-refractivity contribution in [3.05, 3.63) is 24.0 Å². The third-order valence-electron chi connectivity index (χ3n) is 3.24. The number of pyridine rings is 1. The highest BCUT2D eigenvalue weighted by atomic mass is 32.2. The summed E-state index contributed by atoms with van der Waals surface area (Å²) < 4.78 is 0.239. The van der Waals surface area contributed by atoms with E-state index in [4.69, 9.17) is 5.26 Å². The maximum absolute atomic E-state index is 8.96. The minimum absolute atomic E-state index is 0.239. The smallest absolute Gasteiger partial charge is 0.163 e. The normalized spacial score (nSPS) is 10.9. The summed E-state index contributed by atoms with van der Waals surface area (Å²) in [6.07, 6.45) is 6.01. The van der Waals surface area contributed by atoms with Gasteiger partial charge >= 0.3 is 0 Å². The van der Waals surface area contributed by atoms with Crippen LogP contribution < -0.4 is 5.32 Å². The predicted octanol–water partition coefficient (Wildman–Crippen LogP) is 3.29. The zero-order valence-corrected chi connectivity index (χ0v) is 11.5. The number of anilines is 1. The highest BCUT2D eigenvalue weighted by molar-refractivity contribution is 8.00. The van der Waals surface area contributed by atoms with Crippen LogP contribution in [0.25, 0.3) is 0 Å². The van der Waals surface area contributed by atoms with Crippen LogP contribution in [0.1, 0.15) is 32.4 Å². The van der Waals surface area contributed by atoms with Crippen molar-refractivity contribution < 1.29 is 0 Å². The molecule has 0 aliphatic heterocycles. The average molecular weight is 249 g/mol. The Morgan fingerprint density at radius 3 is 2.71 bits per heavy atom. The Morgan fingerprint density at radius 1 is 1.47 bits per heavy atom. The molecule has 1 N–H and O–H groups in total. The van der Waals surface area contributed by atoms with E-state index in [1.54, 1.807) is 6.20 Å². The fourth-order valence-electron chi connectivity index (χ4n) is 1.75. The predicted molar refractivity (Wildman–Crippen MR) is 74.3 cm³/mol. The molecule has 0 aromatic carbocycles. The second-order valence-electron chi connectivity index (χ2n) is 3.96. The van der Waals surface area contributed by atoms with Crippen LogP contribution in [0.4, 0.5) is 5.69 Å². The summed E-state index contributed by atoms with van der Waals surface area (Å²) in [5.74, 6) is 0. The van der Waals surface area contributed by atoms with Crippen molar-refractivity contribution in [2.24, 2.45) is 0 Å². The Hall–Kier alpha value is -1.21. The van der Waals surface area contributed by atoms with E-state index in [-0.39, 0.29) is 4.75 Å². The average Bonchev–Trinajstić information content (AvgIpc) is 2.41. The summed E-state index contributed by atoms with van der Waals surface area (Å²) >= 11 is 1.88. The largest absolute Gasteiger partial charge is 0.381 e. The summed E-state index contributed by atoms with van der Waals surface area (Å²) in [6.45, 7) is 5.27. The topological polar surface area (TPSA) is 48.7 Å². The fraction of sp³-hybridized carbons (Fsp3) is 0.538. The maximum Gasteiger partial charge on any atom is 0.163 e. The maximum atomic E-state index is 8.96. The molecule has 0 atom stereocenters. The molecule has 4 heteroatoms. The second kappa shape index (κ2) is 6.51. The molecule has 0 aliphatic rings. The molecule has 1 aromatic heterocycles. The van der Waals surface area contributed by atoms with E-state index in [9.17, 15) is 0 Å². The molecule has 0 aliphatic carbocycles. The zero-order chi connectivity index (χ0) is 12.7. The molecule has 0 radical (unpaired) electrons. The standard InChI is InChI=1S/C13H19N3S/c1-4-13(5-2,17-3)10-16-11-7-6-8-15-12(11)9-14/h6-8,16H,4-5,10H2,1-3H3. The van der Waals surface area contributed by atoms with Crippen molar-refractivity contribution in [2.45, 2.75) is 31.4 Å². The van der Waals surface area contributed by atoms with Gasteiger partial charge in [0.25, 0.3) is 0 Å². The highest BCUT2D eigenvalue weighted by Gasteiger charge is 2.24. The number of hydrogen-bond donors (Lipinski definition) is 1. The Kier molecular flexibility index (Phi) is 5.30. The minimum Gasteiger partial charge on any atom is -0.381 e. The van der Waals surface area contributed by atoms with Crippen LogP contribution in [0.2, 0.25) is 0 Å². The van der Waals surface area contributed by atoms with Crippen molar-refractivity contribution in [3.8, 4) is 6.07 Å². The Balaban J connectivity index is 2.76. The number of aromatic nitrogens is 1. The number of hydrogen-bond acceptors (Lipinski definition) is 4. The van der Waals surface area contributed by atoms with Crippen LogP contribution in [0, 0.1) is 11.3 Å². The lowest BCUT2D eigenvalue weighted by molar-refractivity contribution is 0.574. The highest BCUT2D eigenvalue weighted by Crippen LogP contribution is 2.30. The van der Waals surface area contributed by atoms with Crippen LogP contribution in [-0.2, 0) is 0 Å². The summed E-state index contributed by atoms with van der Waals surface area (Å²) in [5.41, 5.74) is 1.30. The summed E-state index contributed by atoms with van der Waals surface area (Å²) in [5, 5.41) is 12.3. The van der Waals surface area contributed by atoms with Crippen molar-refractivity contribution in [1.82, 2.24) is 4.98 Å². The second-order valence-corrected chi connectivity index (χ2v) is 5.23. The molecule has 1 rings (SSSR count). The molecule has 3 nitrogen and oxygen atoms in total. The van der Waals surface area contributed by atoms with E-state index in [1.807, 2.05) is 23.9 Å². The Labute approximate surface area is 108 Å². The first-order valence-corrected chi connectivity index (χ1v) is 7.08. The molecular weight excluding hydrogens is 230 g/mol. The van der Waals surface area contributed by atoms with Crippen molar-refractivity contribution in [1.29, 1.82) is 5.26 Å². The van der Waals surface area contributed by atoms with Gasteiger partial charge in [0.15, 0.2) is 5.69 Å². The van der Waals surface area contributed by atoms with Gasteiger partial charge in [-0.25, -0.2) is 4.98 Å². The molecule has 0 bridgehead atoms. The van der Waals surface area contributed by atoms with Gasteiger partial charge in [-0.15, -0.1) is 0 Å². The van der Waals surface area contributed by atoms with Crippen molar-refractivity contribution in [3.63, 3.8) is 0 Å². The van der Waals surface area contributed by atoms with Gasteiger partial charge in [-0.3, -0.25) is 0 Å². The van der Waals surface area contributed by atoms with Gasteiger partial charge < -0.3 is 5.32 Å². The first-order valence-electron chi connectivity index (χ1n) is 5.85. The Morgan fingerprint density at radius 2 is 2.18 bits per heavy atom. The van der Waals surface area contributed by atoms with Crippen LogP contribution in [0.3, 0.4) is 0 Å². The molecular formula is C13H19N3S. The molecule has 0 unspecified atom stereocenters. The summed E-state index contributed by atoms with van der Waals surface area (Å²) in [7, 11) is 0. The minimum atomic E-state index is 0.239. The summed E-state index contributed by atoms with van der Waals surface area (Å²) in [6, 6.07) is 5.86.